The Morgan fingerprint density at radius 1 is 1.53 bits per heavy atom. The van der Waals surface area contributed by atoms with Gasteiger partial charge in [-0.2, -0.15) is 4.98 Å². The van der Waals surface area contributed by atoms with E-state index in [1.165, 1.54) is 12.8 Å². The topological polar surface area (TPSA) is 76.3 Å². The zero-order chi connectivity index (χ0) is 13.2. The fraction of sp³-hybridized carbons (Fsp3) is 0.500. The summed E-state index contributed by atoms with van der Waals surface area (Å²) in [5.74, 6) is 6.36. The van der Waals surface area contributed by atoms with Gasteiger partial charge in [0.2, 0.25) is 11.8 Å². The third-order valence-corrected chi connectivity index (χ3v) is 4.15. The minimum absolute atomic E-state index is 0.386. The Morgan fingerprint density at radius 3 is 3.11 bits per heavy atom. The van der Waals surface area contributed by atoms with Crippen molar-refractivity contribution in [1.82, 2.24) is 14.9 Å². The number of fused-ring (bicyclic) bond motifs is 1. The third-order valence-electron chi connectivity index (χ3n) is 3.25. The van der Waals surface area contributed by atoms with Crippen LogP contribution in [-0.2, 0) is 0 Å². The second kappa shape index (κ2) is 5.28. The first-order chi connectivity index (χ1) is 9.28. The van der Waals surface area contributed by atoms with Crippen LogP contribution in [0.4, 0.5) is 5.95 Å². The standard InChI is InChI=1S/C12H17N5OS/c1-17(8-2-3-8)5-6-18-11-10-9(4-7-19-10)14-12(15-11)16-13/h4,7-8H,2-3,5-6,13H2,1H3,(H,14,15,16). The number of hydrazine groups is 1. The van der Waals surface area contributed by atoms with Crippen LogP contribution in [-0.4, -0.2) is 41.1 Å². The first-order valence-electron chi connectivity index (χ1n) is 6.33. The van der Waals surface area contributed by atoms with Crippen molar-refractivity contribution in [3.8, 4) is 5.88 Å². The summed E-state index contributed by atoms with van der Waals surface area (Å²) in [5.41, 5.74) is 3.33. The molecule has 0 spiro atoms. The maximum atomic E-state index is 5.79. The van der Waals surface area contributed by atoms with Crippen molar-refractivity contribution in [2.75, 3.05) is 25.6 Å². The Kier molecular flexibility index (Phi) is 3.50. The molecule has 0 saturated heterocycles. The van der Waals surface area contributed by atoms with Gasteiger partial charge in [-0.1, -0.05) is 0 Å². The summed E-state index contributed by atoms with van der Waals surface area (Å²) in [6.45, 7) is 1.54. The number of ether oxygens (including phenoxy) is 1. The molecule has 0 unspecified atom stereocenters. The predicted octanol–water partition coefficient (Wildman–Crippen LogP) is 1.45. The first-order valence-corrected chi connectivity index (χ1v) is 7.21. The van der Waals surface area contributed by atoms with Crippen molar-refractivity contribution in [3.05, 3.63) is 11.4 Å². The molecular weight excluding hydrogens is 262 g/mol. The molecule has 1 saturated carbocycles. The van der Waals surface area contributed by atoms with E-state index in [0.29, 0.717) is 18.4 Å². The van der Waals surface area contributed by atoms with E-state index >= 15 is 0 Å². The summed E-state index contributed by atoms with van der Waals surface area (Å²) in [6, 6.07) is 2.68. The fourth-order valence-corrected chi connectivity index (χ4v) is 2.76. The summed E-state index contributed by atoms with van der Waals surface area (Å²) < 4.78 is 6.76. The second-order valence-electron chi connectivity index (χ2n) is 4.69. The van der Waals surface area contributed by atoms with Crippen LogP contribution in [0.1, 0.15) is 12.8 Å². The maximum Gasteiger partial charge on any atom is 0.241 e. The number of nitrogens with one attached hydrogen (secondary N) is 1. The van der Waals surface area contributed by atoms with Crippen LogP contribution in [0.2, 0.25) is 0 Å². The molecule has 0 aliphatic heterocycles. The van der Waals surface area contributed by atoms with E-state index in [1.807, 2.05) is 11.4 Å². The van der Waals surface area contributed by atoms with Crippen LogP contribution in [0.15, 0.2) is 11.4 Å². The van der Waals surface area contributed by atoms with E-state index in [-0.39, 0.29) is 0 Å². The van der Waals surface area contributed by atoms with Crippen LogP contribution >= 0.6 is 11.3 Å². The number of aromatic nitrogens is 2. The number of rotatable bonds is 6. The molecule has 6 nitrogen and oxygen atoms in total. The lowest BCUT2D eigenvalue weighted by Crippen LogP contribution is -2.26. The monoisotopic (exact) mass is 279 g/mol. The van der Waals surface area contributed by atoms with Crippen LogP contribution < -0.4 is 16.0 Å². The normalized spacial score (nSPS) is 15.1. The smallest absolute Gasteiger partial charge is 0.241 e. The molecule has 0 radical (unpaired) electrons. The van der Waals surface area contributed by atoms with Gasteiger partial charge in [0.15, 0.2) is 0 Å². The van der Waals surface area contributed by atoms with Gasteiger partial charge >= 0.3 is 0 Å². The summed E-state index contributed by atoms with van der Waals surface area (Å²) in [6.07, 6.45) is 2.61. The highest BCUT2D eigenvalue weighted by molar-refractivity contribution is 7.17. The molecule has 0 amide bonds. The summed E-state index contributed by atoms with van der Waals surface area (Å²) in [7, 11) is 2.13. The maximum absolute atomic E-state index is 5.79. The number of hydrogen-bond donors (Lipinski definition) is 2. The molecule has 0 atom stereocenters. The molecule has 1 aliphatic rings. The zero-order valence-corrected chi connectivity index (χ0v) is 11.6. The molecule has 102 valence electrons. The molecule has 2 heterocycles. The van der Waals surface area contributed by atoms with Crippen molar-refractivity contribution in [2.24, 2.45) is 5.84 Å². The van der Waals surface area contributed by atoms with E-state index in [9.17, 15) is 0 Å². The quantitative estimate of drug-likeness (QED) is 0.615. The minimum atomic E-state index is 0.386. The molecule has 3 rings (SSSR count). The van der Waals surface area contributed by atoms with Crippen molar-refractivity contribution in [1.29, 1.82) is 0 Å². The lowest BCUT2D eigenvalue weighted by Gasteiger charge is -2.15. The number of nitrogens with two attached hydrogens (primary N) is 1. The highest BCUT2D eigenvalue weighted by Crippen LogP contribution is 2.29. The van der Waals surface area contributed by atoms with Gasteiger partial charge in [0.05, 0.1) is 5.52 Å². The Morgan fingerprint density at radius 2 is 2.37 bits per heavy atom. The van der Waals surface area contributed by atoms with Crippen molar-refractivity contribution >= 4 is 27.5 Å². The average molecular weight is 279 g/mol. The van der Waals surface area contributed by atoms with Crippen LogP contribution in [0, 0.1) is 0 Å². The fourth-order valence-electron chi connectivity index (χ4n) is 1.98. The number of thiophene rings is 1. The predicted molar refractivity (Wildman–Crippen MR) is 76.4 cm³/mol. The minimum Gasteiger partial charge on any atom is -0.475 e. The first kappa shape index (κ1) is 12.6. The Hall–Kier alpha value is -1.44. The largest absolute Gasteiger partial charge is 0.475 e. The van der Waals surface area contributed by atoms with Crippen LogP contribution in [0.3, 0.4) is 0 Å². The van der Waals surface area contributed by atoms with E-state index in [2.05, 4.69) is 27.3 Å². The molecule has 3 N–H and O–H groups in total. The van der Waals surface area contributed by atoms with Gasteiger partial charge < -0.3 is 9.64 Å². The lowest BCUT2D eigenvalue weighted by molar-refractivity contribution is 0.228. The van der Waals surface area contributed by atoms with Gasteiger partial charge in [-0.05, 0) is 31.3 Å². The van der Waals surface area contributed by atoms with E-state index in [0.717, 1.165) is 22.8 Å². The van der Waals surface area contributed by atoms with Gasteiger partial charge in [0.25, 0.3) is 0 Å². The Labute approximate surface area is 115 Å². The van der Waals surface area contributed by atoms with E-state index in [1.54, 1.807) is 11.3 Å². The van der Waals surface area contributed by atoms with Gasteiger partial charge in [-0.25, -0.2) is 10.8 Å². The van der Waals surface area contributed by atoms with Crippen molar-refractivity contribution in [3.63, 3.8) is 0 Å². The number of nitrogen functional groups attached to an aromatic ring is 1. The molecule has 1 aliphatic carbocycles. The lowest BCUT2D eigenvalue weighted by atomic mass is 10.4. The van der Waals surface area contributed by atoms with E-state index < -0.39 is 0 Å². The highest BCUT2D eigenvalue weighted by atomic mass is 32.1. The third kappa shape index (κ3) is 2.78. The molecular formula is C12H17N5OS. The highest BCUT2D eigenvalue weighted by Gasteiger charge is 2.25. The molecule has 7 heteroatoms. The summed E-state index contributed by atoms with van der Waals surface area (Å²) in [4.78, 5) is 10.9. The molecule has 1 fully saturated rings. The average Bonchev–Trinajstić information content (AvgIpc) is 3.16. The van der Waals surface area contributed by atoms with E-state index in [4.69, 9.17) is 10.6 Å². The molecule has 0 bridgehead atoms. The summed E-state index contributed by atoms with van der Waals surface area (Å²) in [5, 5.41) is 1.98. The SMILES string of the molecule is CN(CCOc1nc(NN)nc2ccsc12)C1CC1. The van der Waals surface area contributed by atoms with Crippen LogP contribution in [0.5, 0.6) is 5.88 Å². The molecule has 2 aromatic rings. The number of nitrogens with zero attached hydrogens (tertiary/aromatic N) is 3. The Bertz CT molecular complexity index is 568. The zero-order valence-electron chi connectivity index (χ0n) is 10.8. The Balaban J connectivity index is 1.70. The molecule has 2 aromatic heterocycles. The second-order valence-corrected chi connectivity index (χ2v) is 5.61. The number of anilines is 1. The van der Waals surface area contributed by atoms with Gasteiger partial charge in [0, 0.05) is 12.6 Å². The molecule has 19 heavy (non-hydrogen) atoms. The number of likely N-dealkylation sites (N-methyl/N-ethyl adjacent to an activating group) is 1. The van der Waals surface area contributed by atoms with Gasteiger partial charge in [-0.15, -0.1) is 11.3 Å². The van der Waals surface area contributed by atoms with Crippen molar-refractivity contribution < 1.29 is 4.74 Å². The summed E-state index contributed by atoms with van der Waals surface area (Å²) >= 11 is 1.58. The van der Waals surface area contributed by atoms with Crippen molar-refractivity contribution in [2.45, 2.75) is 18.9 Å². The van der Waals surface area contributed by atoms with Gasteiger partial charge in [0.1, 0.15) is 11.3 Å². The molecule has 0 aromatic carbocycles. The van der Waals surface area contributed by atoms with Gasteiger partial charge in [-0.3, -0.25) is 5.43 Å². The number of hydrogen-bond acceptors (Lipinski definition) is 7. The van der Waals surface area contributed by atoms with Crippen LogP contribution in [0.25, 0.3) is 10.2 Å².